The van der Waals surface area contributed by atoms with Gasteiger partial charge in [-0.2, -0.15) is 22.0 Å². The van der Waals surface area contributed by atoms with Crippen molar-refractivity contribution in [1.29, 1.82) is 0 Å². The van der Waals surface area contributed by atoms with Gasteiger partial charge in [-0.05, 0) is 0 Å². The van der Waals surface area contributed by atoms with Crippen LogP contribution >= 0.6 is 10.7 Å². The number of alkyl halides is 5. The van der Waals surface area contributed by atoms with Crippen molar-refractivity contribution in [3.8, 4) is 5.75 Å². The Kier molecular flexibility index (Phi) is 4.63. The minimum absolute atomic E-state index is 0.0925. The number of non-ortho nitro benzene ring substituents is 1. The van der Waals surface area contributed by atoms with Gasteiger partial charge in [0.05, 0.1) is 4.92 Å². The van der Waals surface area contributed by atoms with Gasteiger partial charge >= 0.3 is 12.8 Å². The number of ether oxygens (including phenoxy) is 1. The second kappa shape index (κ2) is 5.60. The molecule has 0 aliphatic heterocycles. The Morgan fingerprint density at radius 3 is 2.14 bits per heavy atom. The maximum absolute atomic E-state index is 12.7. The second-order valence-electron chi connectivity index (χ2n) is 3.39. The number of hydrogen-bond acceptors (Lipinski definition) is 5. The quantitative estimate of drug-likeness (QED) is 0.358. The molecule has 1 aromatic rings. The number of hydrogen-bond donors (Lipinski definition) is 0. The third-order valence-corrected chi connectivity index (χ3v) is 3.35. The van der Waals surface area contributed by atoms with E-state index in [0.717, 1.165) is 0 Å². The minimum Gasteiger partial charge on any atom is -0.433 e. The Labute approximate surface area is 117 Å². The van der Waals surface area contributed by atoms with Gasteiger partial charge in [0, 0.05) is 22.8 Å². The molecule has 0 aliphatic rings. The molecule has 118 valence electrons. The number of nitrogens with zero attached hydrogens (tertiary/aromatic N) is 1. The molecule has 6 nitrogen and oxygen atoms in total. The van der Waals surface area contributed by atoms with E-state index in [1.165, 1.54) is 0 Å². The third-order valence-electron chi connectivity index (χ3n) is 2.03. The van der Waals surface area contributed by atoms with Gasteiger partial charge in [-0.15, -0.1) is 0 Å². The van der Waals surface area contributed by atoms with Crippen LogP contribution in [0.4, 0.5) is 27.6 Å². The van der Waals surface area contributed by atoms with Crippen molar-refractivity contribution in [1.82, 2.24) is 0 Å². The molecule has 1 rings (SSSR count). The van der Waals surface area contributed by atoms with Gasteiger partial charge in [-0.1, -0.05) is 0 Å². The summed E-state index contributed by atoms with van der Waals surface area (Å²) in [6.45, 7) is -3.80. The highest BCUT2D eigenvalue weighted by molar-refractivity contribution is 8.13. The molecule has 0 amide bonds. The van der Waals surface area contributed by atoms with E-state index in [9.17, 15) is 40.5 Å². The van der Waals surface area contributed by atoms with Crippen molar-refractivity contribution in [3.63, 3.8) is 0 Å². The summed E-state index contributed by atoms with van der Waals surface area (Å²) in [4.78, 5) is 7.59. The molecule has 0 atom stereocenters. The molecule has 0 spiro atoms. The average molecular weight is 356 g/mol. The summed E-state index contributed by atoms with van der Waals surface area (Å²) < 4.78 is 88.3. The summed E-state index contributed by atoms with van der Waals surface area (Å²) >= 11 is 0. The van der Waals surface area contributed by atoms with Crippen LogP contribution in [0.15, 0.2) is 17.0 Å². The van der Waals surface area contributed by atoms with Crippen LogP contribution in [0.5, 0.6) is 5.75 Å². The topological polar surface area (TPSA) is 86.5 Å². The van der Waals surface area contributed by atoms with Gasteiger partial charge in [0.2, 0.25) is 0 Å². The lowest BCUT2D eigenvalue weighted by Gasteiger charge is -2.15. The molecule has 0 aromatic heterocycles. The summed E-state index contributed by atoms with van der Waals surface area (Å²) in [6, 6.07) is -0.0431. The van der Waals surface area contributed by atoms with Gasteiger partial charge in [-0.25, -0.2) is 8.42 Å². The normalized spacial score (nSPS) is 12.5. The van der Waals surface area contributed by atoms with E-state index in [2.05, 4.69) is 4.74 Å². The molecule has 0 heterocycles. The lowest BCUT2D eigenvalue weighted by atomic mass is 10.1. The molecular weight excluding hydrogens is 353 g/mol. The first kappa shape index (κ1) is 17.4. The Hall–Kier alpha value is -1.69. The molecule has 0 bridgehead atoms. The first-order valence-corrected chi connectivity index (χ1v) is 6.94. The summed E-state index contributed by atoms with van der Waals surface area (Å²) in [5.41, 5.74) is -3.36. The largest absolute Gasteiger partial charge is 0.433 e. The average Bonchev–Trinajstić information content (AvgIpc) is 2.24. The molecule has 0 saturated heterocycles. The van der Waals surface area contributed by atoms with Gasteiger partial charge in [0.1, 0.15) is 10.5 Å². The smallest absolute Gasteiger partial charge is 0.420 e. The van der Waals surface area contributed by atoms with Crippen LogP contribution in [-0.4, -0.2) is 20.0 Å². The Bertz CT molecular complexity index is 674. The molecule has 0 aliphatic carbocycles. The monoisotopic (exact) mass is 355 g/mol. The summed E-state index contributed by atoms with van der Waals surface area (Å²) in [7, 11) is -0.205. The summed E-state index contributed by atoms with van der Waals surface area (Å²) in [5.74, 6) is -1.81. The molecule has 0 saturated carbocycles. The molecule has 0 radical (unpaired) electrons. The summed E-state index contributed by atoms with van der Waals surface area (Å²) in [5, 5.41) is 10.5. The highest BCUT2D eigenvalue weighted by Crippen LogP contribution is 2.43. The summed E-state index contributed by atoms with van der Waals surface area (Å²) in [6.07, 6.45) is -5.38. The maximum atomic E-state index is 12.7. The molecule has 0 unspecified atom stereocenters. The molecule has 0 N–H and O–H groups in total. The molecule has 21 heavy (non-hydrogen) atoms. The fraction of sp³-hybridized carbons (Fsp3) is 0.250. The minimum atomic E-state index is -5.38. The fourth-order valence-electron chi connectivity index (χ4n) is 1.30. The first-order chi connectivity index (χ1) is 9.34. The standard InChI is InChI=1S/C8H3ClF5NO5S/c9-21(18,19)5-2-3(15(16)17)1-4(8(12,13)14)6(5)20-7(10)11/h1-2,7H. The van der Waals surface area contributed by atoms with Crippen molar-refractivity contribution in [2.24, 2.45) is 0 Å². The molecule has 0 fully saturated rings. The van der Waals surface area contributed by atoms with Crippen molar-refractivity contribution in [2.75, 3.05) is 0 Å². The van der Waals surface area contributed by atoms with E-state index in [1.807, 2.05) is 0 Å². The van der Waals surface area contributed by atoms with Crippen molar-refractivity contribution in [3.05, 3.63) is 27.8 Å². The van der Waals surface area contributed by atoms with Crippen molar-refractivity contribution < 1.29 is 40.0 Å². The Morgan fingerprint density at radius 1 is 1.29 bits per heavy atom. The van der Waals surface area contributed by atoms with Crippen molar-refractivity contribution >= 4 is 25.4 Å². The van der Waals surface area contributed by atoms with Crippen LogP contribution in [0.1, 0.15) is 5.56 Å². The van der Waals surface area contributed by atoms with E-state index in [1.54, 1.807) is 0 Å². The van der Waals surface area contributed by atoms with Crippen LogP contribution < -0.4 is 4.74 Å². The predicted molar refractivity (Wildman–Crippen MR) is 57.8 cm³/mol. The van der Waals surface area contributed by atoms with E-state index >= 15 is 0 Å². The zero-order valence-electron chi connectivity index (χ0n) is 9.40. The zero-order chi connectivity index (χ0) is 16.6. The van der Waals surface area contributed by atoms with Crippen LogP contribution in [0.3, 0.4) is 0 Å². The number of nitro benzene ring substituents is 1. The SMILES string of the molecule is O=[N+]([O-])c1cc(C(F)(F)F)c(OC(F)F)c(S(=O)(=O)Cl)c1. The van der Waals surface area contributed by atoms with Gasteiger partial charge in [-0.3, -0.25) is 10.1 Å². The van der Waals surface area contributed by atoms with Gasteiger partial charge in [0.15, 0.2) is 5.75 Å². The van der Waals surface area contributed by atoms with Gasteiger partial charge < -0.3 is 4.74 Å². The highest BCUT2D eigenvalue weighted by atomic mass is 35.7. The number of benzene rings is 1. The van der Waals surface area contributed by atoms with Crippen molar-refractivity contribution in [2.45, 2.75) is 17.7 Å². The number of rotatable bonds is 4. The van der Waals surface area contributed by atoms with E-state index < -0.39 is 48.7 Å². The predicted octanol–water partition coefficient (Wildman–Crippen LogP) is 3.14. The lowest BCUT2D eigenvalue weighted by Crippen LogP contribution is -2.15. The van der Waals surface area contributed by atoms with Crippen LogP contribution in [0, 0.1) is 10.1 Å². The number of nitro groups is 1. The second-order valence-corrected chi connectivity index (χ2v) is 5.93. The van der Waals surface area contributed by atoms with Gasteiger partial charge in [0.25, 0.3) is 14.7 Å². The fourth-order valence-corrected chi connectivity index (χ4v) is 2.28. The van der Waals surface area contributed by atoms with E-state index in [0.29, 0.717) is 0 Å². The highest BCUT2D eigenvalue weighted by Gasteiger charge is 2.40. The Morgan fingerprint density at radius 2 is 1.81 bits per heavy atom. The molecule has 1 aromatic carbocycles. The number of halogens is 6. The van der Waals surface area contributed by atoms with Crippen LogP contribution in [-0.2, 0) is 15.2 Å². The molecular formula is C8H3ClF5NO5S. The Balaban J connectivity index is 3.82. The third kappa shape index (κ3) is 4.14. The van der Waals surface area contributed by atoms with Crippen LogP contribution in [0.25, 0.3) is 0 Å². The lowest BCUT2D eigenvalue weighted by molar-refractivity contribution is -0.385. The molecule has 13 heteroatoms. The van der Waals surface area contributed by atoms with E-state index in [4.69, 9.17) is 10.7 Å². The zero-order valence-corrected chi connectivity index (χ0v) is 11.0. The van der Waals surface area contributed by atoms with Crippen LogP contribution in [0.2, 0.25) is 0 Å². The van der Waals surface area contributed by atoms with E-state index in [-0.39, 0.29) is 12.1 Å². The first-order valence-electron chi connectivity index (χ1n) is 4.63. The maximum Gasteiger partial charge on any atom is 0.420 e.